The van der Waals surface area contributed by atoms with E-state index in [1.54, 1.807) is 55.5 Å². The highest BCUT2D eigenvalue weighted by atomic mass is 16.5. The van der Waals surface area contributed by atoms with Crippen molar-refractivity contribution >= 4 is 17.6 Å². The smallest absolute Gasteiger partial charge is 0.338 e. The molecule has 6 heteroatoms. The van der Waals surface area contributed by atoms with Crippen LogP contribution < -0.4 is 14.8 Å². The average Bonchev–Trinajstić information content (AvgIpc) is 2.76. The molecule has 30 heavy (non-hydrogen) atoms. The van der Waals surface area contributed by atoms with E-state index in [2.05, 4.69) is 5.32 Å². The minimum absolute atomic E-state index is 0.0197. The second kappa shape index (κ2) is 10.7. The molecule has 160 valence electrons. The van der Waals surface area contributed by atoms with Gasteiger partial charge in [0.1, 0.15) is 17.6 Å². The maximum Gasteiger partial charge on any atom is 0.338 e. The van der Waals surface area contributed by atoms with Crippen molar-refractivity contribution in [3.8, 4) is 11.5 Å². The molecule has 0 spiro atoms. The Morgan fingerprint density at radius 1 is 0.967 bits per heavy atom. The number of rotatable bonds is 8. The van der Waals surface area contributed by atoms with E-state index in [-0.39, 0.29) is 18.0 Å². The van der Waals surface area contributed by atoms with E-state index in [1.165, 1.54) is 6.42 Å². The van der Waals surface area contributed by atoms with Gasteiger partial charge in [-0.1, -0.05) is 6.42 Å². The zero-order valence-corrected chi connectivity index (χ0v) is 17.6. The maximum absolute atomic E-state index is 12.4. The molecule has 6 nitrogen and oxygen atoms in total. The van der Waals surface area contributed by atoms with Gasteiger partial charge in [0.15, 0.2) is 6.10 Å². The Hall–Kier alpha value is -3.02. The summed E-state index contributed by atoms with van der Waals surface area (Å²) in [5.41, 5.74) is 1.08. The highest BCUT2D eigenvalue weighted by Crippen LogP contribution is 2.22. The Bertz CT molecular complexity index is 826. The van der Waals surface area contributed by atoms with Crippen LogP contribution in [0.4, 0.5) is 5.69 Å². The third-order valence-electron chi connectivity index (χ3n) is 5.03. The SMILES string of the molecule is CCOc1ccc(OC(C)C(=O)Nc2ccc(C(=O)OC3CCCCC3)cc2)cc1. The van der Waals surface area contributed by atoms with Crippen molar-refractivity contribution in [3.05, 3.63) is 54.1 Å². The molecule has 0 saturated heterocycles. The molecule has 1 amide bonds. The van der Waals surface area contributed by atoms with Gasteiger partial charge in [-0.05, 0) is 88.1 Å². The zero-order chi connectivity index (χ0) is 21.3. The molecule has 3 rings (SSSR count). The number of ether oxygens (including phenoxy) is 3. The van der Waals surface area contributed by atoms with Gasteiger partial charge < -0.3 is 19.5 Å². The predicted molar refractivity (Wildman–Crippen MR) is 115 cm³/mol. The summed E-state index contributed by atoms with van der Waals surface area (Å²) in [6.07, 6.45) is 4.64. The first-order chi connectivity index (χ1) is 14.5. The summed E-state index contributed by atoms with van der Waals surface area (Å²) in [5.74, 6) is 0.749. The molecule has 1 unspecified atom stereocenters. The number of nitrogens with one attached hydrogen (secondary N) is 1. The molecule has 0 aliphatic heterocycles. The third kappa shape index (κ3) is 6.24. The number of carbonyl (C=O) groups is 2. The molecule has 1 N–H and O–H groups in total. The first kappa shape index (κ1) is 21.7. The molecule has 0 aromatic heterocycles. The number of esters is 1. The van der Waals surface area contributed by atoms with Crippen LogP contribution in [0.15, 0.2) is 48.5 Å². The zero-order valence-electron chi connectivity index (χ0n) is 17.6. The van der Waals surface area contributed by atoms with Gasteiger partial charge in [0.05, 0.1) is 12.2 Å². The molecule has 0 heterocycles. The molecule has 0 radical (unpaired) electrons. The lowest BCUT2D eigenvalue weighted by Crippen LogP contribution is -2.30. The molecule has 1 fully saturated rings. The lowest BCUT2D eigenvalue weighted by Gasteiger charge is -2.21. The summed E-state index contributed by atoms with van der Waals surface area (Å²) in [4.78, 5) is 24.7. The fourth-order valence-electron chi connectivity index (χ4n) is 3.37. The largest absolute Gasteiger partial charge is 0.494 e. The summed E-state index contributed by atoms with van der Waals surface area (Å²) in [6, 6.07) is 13.8. The van der Waals surface area contributed by atoms with E-state index in [0.29, 0.717) is 23.6 Å². The van der Waals surface area contributed by atoms with Gasteiger partial charge in [-0.25, -0.2) is 4.79 Å². The standard InChI is InChI=1S/C24H29NO5/c1-3-28-20-13-15-22(16-14-20)29-17(2)23(26)25-19-11-9-18(10-12-19)24(27)30-21-7-5-4-6-8-21/h9-17,21H,3-8H2,1-2H3,(H,25,26). The second-order valence-electron chi connectivity index (χ2n) is 7.40. The lowest BCUT2D eigenvalue weighted by atomic mass is 9.98. The van der Waals surface area contributed by atoms with Crippen molar-refractivity contribution in [2.24, 2.45) is 0 Å². The van der Waals surface area contributed by atoms with Crippen LogP contribution in [-0.2, 0) is 9.53 Å². The van der Waals surface area contributed by atoms with Crippen molar-refractivity contribution < 1.29 is 23.8 Å². The van der Waals surface area contributed by atoms with Gasteiger partial charge in [-0.15, -0.1) is 0 Å². The van der Waals surface area contributed by atoms with Gasteiger partial charge in [0.25, 0.3) is 5.91 Å². The molecule has 1 aliphatic rings. The maximum atomic E-state index is 12.4. The van der Waals surface area contributed by atoms with E-state index in [1.807, 2.05) is 6.92 Å². The molecule has 1 aliphatic carbocycles. The van der Waals surface area contributed by atoms with Crippen LogP contribution in [0.5, 0.6) is 11.5 Å². The van der Waals surface area contributed by atoms with Gasteiger partial charge in [-0.3, -0.25) is 4.79 Å². The van der Waals surface area contributed by atoms with Gasteiger partial charge in [-0.2, -0.15) is 0 Å². The van der Waals surface area contributed by atoms with E-state index >= 15 is 0 Å². The van der Waals surface area contributed by atoms with Gasteiger partial charge in [0.2, 0.25) is 0 Å². The summed E-state index contributed by atoms with van der Waals surface area (Å²) in [7, 11) is 0. The molecule has 0 bridgehead atoms. The Kier molecular flexibility index (Phi) is 7.71. The van der Waals surface area contributed by atoms with Crippen LogP contribution in [0.1, 0.15) is 56.3 Å². The topological polar surface area (TPSA) is 73.9 Å². The van der Waals surface area contributed by atoms with Gasteiger partial charge >= 0.3 is 5.97 Å². The molecule has 2 aromatic rings. The Morgan fingerprint density at radius 2 is 1.60 bits per heavy atom. The van der Waals surface area contributed by atoms with Crippen molar-refractivity contribution in [2.45, 2.75) is 58.2 Å². The quantitative estimate of drug-likeness (QED) is 0.620. The van der Waals surface area contributed by atoms with Crippen LogP contribution in [0.25, 0.3) is 0 Å². The first-order valence-corrected chi connectivity index (χ1v) is 10.6. The van der Waals surface area contributed by atoms with Crippen LogP contribution in [-0.4, -0.2) is 30.7 Å². The van der Waals surface area contributed by atoms with Crippen LogP contribution in [0.3, 0.4) is 0 Å². The lowest BCUT2D eigenvalue weighted by molar-refractivity contribution is -0.122. The van der Waals surface area contributed by atoms with E-state index in [0.717, 1.165) is 31.4 Å². The Labute approximate surface area is 177 Å². The molecular weight excluding hydrogens is 382 g/mol. The highest BCUT2D eigenvalue weighted by molar-refractivity contribution is 5.95. The number of carbonyl (C=O) groups excluding carboxylic acids is 2. The number of amides is 1. The highest BCUT2D eigenvalue weighted by Gasteiger charge is 2.19. The number of benzene rings is 2. The van der Waals surface area contributed by atoms with Crippen molar-refractivity contribution in [3.63, 3.8) is 0 Å². The Morgan fingerprint density at radius 3 is 2.23 bits per heavy atom. The average molecular weight is 411 g/mol. The fraction of sp³-hybridized carbons (Fsp3) is 0.417. The summed E-state index contributed by atoms with van der Waals surface area (Å²) in [6.45, 7) is 4.20. The number of hydrogen-bond donors (Lipinski definition) is 1. The fourth-order valence-corrected chi connectivity index (χ4v) is 3.37. The Balaban J connectivity index is 1.50. The number of anilines is 1. The minimum atomic E-state index is -0.682. The van der Waals surface area contributed by atoms with E-state index in [4.69, 9.17) is 14.2 Å². The summed E-state index contributed by atoms with van der Waals surface area (Å²) in [5, 5.41) is 2.80. The van der Waals surface area contributed by atoms with Crippen molar-refractivity contribution in [1.29, 1.82) is 0 Å². The van der Waals surface area contributed by atoms with Crippen LogP contribution >= 0.6 is 0 Å². The van der Waals surface area contributed by atoms with Gasteiger partial charge in [0, 0.05) is 5.69 Å². The minimum Gasteiger partial charge on any atom is -0.494 e. The van der Waals surface area contributed by atoms with Crippen molar-refractivity contribution in [1.82, 2.24) is 0 Å². The molecule has 1 saturated carbocycles. The second-order valence-corrected chi connectivity index (χ2v) is 7.40. The van der Waals surface area contributed by atoms with Crippen LogP contribution in [0, 0.1) is 0 Å². The monoisotopic (exact) mass is 411 g/mol. The third-order valence-corrected chi connectivity index (χ3v) is 5.03. The van der Waals surface area contributed by atoms with Crippen molar-refractivity contribution in [2.75, 3.05) is 11.9 Å². The summed E-state index contributed by atoms with van der Waals surface area (Å²) >= 11 is 0. The number of hydrogen-bond acceptors (Lipinski definition) is 5. The summed E-state index contributed by atoms with van der Waals surface area (Å²) < 4.78 is 16.7. The first-order valence-electron chi connectivity index (χ1n) is 10.6. The molecule has 2 aromatic carbocycles. The van der Waals surface area contributed by atoms with E-state index < -0.39 is 6.10 Å². The molecular formula is C24H29NO5. The molecule has 1 atom stereocenters. The van der Waals surface area contributed by atoms with E-state index in [9.17, 15) is 9.59 Å². The van der Waals surface area contributed by atoms with Crippen LogP contribution in [0.2, 0.25) is 0 Å². The predicted octanol–water partition coefficient (Wildman–Crippen LogP) is 4.98. The normalized spacial score (nSPS) is 15.1.